The number of halogens is 1. The summed E-state index contributed by atoms with van der Waals surface area (Å²) in [7, 11) is -1.62. The number of hydrogen-bond acceptors (Lipinski definition) is 2. The maximum atomic E-state index is 5.68. The Bertz CT molecular complexity index is 735. The summed E-state index contributed by atoms with van der Waals surface area (Å²) in [5, 5.41) is 1.59. The van der Waals surface area contributed by atoms with Gasteiger partial charge in [0.1, 0.15) is 5.76 Å². The summed E-state index contributed by atoms with van der Waals surface area (Å²) in [5.41, 5.74) is 4.73. The second kappa shape index (κ2) is 4.87. The Balaban J connectivity index is 1.85. The van der Waals surface area contributed by atoms with Gasteiger partial charge in [-0.05, 0) is 39.5 Å². The number of rotatable bonds is 2. The van der Waals surface area contributed by atoms with Crippen LogP contribution in [0.3, 0.4) is 0 Å². The molecule has 4 aliphatic rings. The lowest BCUT2D eigenvalue weighted by Gasteiger charge is -2.32. The van der Waals surface area contributed by atoms with Crippen molar-refractivity contribution in [3.05, 3.63) is 68.3 Å². The van der Waals surface area contributed by atoms with Crippen LogP contribution in [0.4, 0.5) is 0 Å². The Kier molecular flexibility index (Phi) is 3.17. The Morgan fingerprint density at radius 1 is 1.18 bits per heavy atom. The van der Waals surface area contributed by atoms with Crippen molar-refractivity contribution >= 4 is 24.0 Å². The van der Waals surface area contributed by atoms with Gasteiger partial charge in [-0.25, -0.2) is 0 Å². The molecule has 0 radical (unpaired) electrons. The first-order valence-electron chi connectivity index (χ1n) is 7.66. The van der Waals surface area contributed by atoms with Crippen molar-refractivity contribution in [1.82, 2.24) is 0 Å². The summed E-state index contributed by atoms with van der Waals surface area (Å²) in [6, 6.07) is 0. The molecule has 0 aromatic carbocycles. The third-order valence-electron chi connectivity index (χ3n) is 5.07. The lowest BCUT2D eigenvalue weighted by Crippen LogP contribution is -2.34. The molecule has 0 atom stereocenters. The number of ether oxygens (including phenoxy) is 2. The third kappa shape index (κ3) is 1.90. The van der Waals surface area contributed by atoms with Gasteiger partial charge in [-0.15, -0.1) is 0 Å². The van der Waals surface area contributed by atoms with Crippen molar-refractivity contribution in [3.8, 4) is 0 Å². The third-order valence-corrected chi connectivity index (χ3v) is 9.89. The molecule has 0 aromatic rings. The zero-order valence-electron chi connectivity index (χ0n) is 13.1. The first-order chi connectivity index (χ1) is 10.5. The van der Waals surface area contributed by atoms with Gasteiger partial charge in [0.2, 0.25) is 6.79 Å². The molecule has 4 heteroatoms. The van der Waals surface area contributed by atoms with Gasteiger partial charge in [-0.2, -0.15) is 0 Å². The van der Waals surface area contributed by atoms with E-state index in [1.54, 1.807) is 5.20 Å². The smallest absolute Gasteiger partial charge is 0.230 e. The van der Waals surface area contributed by atoms with Crippen LogP contribution in [0.15, 0.2) is 68.3 Å². The van der Waals surface area contributed by atoms with E-state index in [0.717, 1.165) is 22.4 Å². The molecule has 0 aromatic heterocycles. The summed E-state index contributed by atoms with van der Waals surface area (Å²) in [6.45, 7) is 7.54. The lowest BCUT2D eigenvalue weighted by atomic mass is 9.99. The standard InChI is InChI=1S/C18H19BrO2Si/c1-11-8-13-14(9-15-17(16(13)19)21-10-20-15)18(11)22(2,3)12-6-4-5-7-12/h4-8,12H,9-10H2,1-3H3. The van der Waals surface area contributed by atoms with Crippen molar-refractivity contribution in [2.75, 3.05) is 6.79 Å². The molecule has 4 rings (SSSR count). The van der Waals surface area contributed by atoms with Gasteiger partial charge in [0.15, 0.2) is 5.76 Å². The maximum Gasteiger partial charge on any atom is 0.230 e. The van der Waals surface area contributed by atoms with E-state index in [4.69, 9.17) is 9.47 Å². The molecule has 22 heavy (non-hydrogen) atoms. The van der Waals surface area contributed by atoms with E-state index in [1.807, 2.05) is 0 Å². The molecular weight excluding hydrogens is 356 g/mol. The van der Waals surface area contributed by atoms with Gasteiger partial charge in [0.05, 0.1) is 12.6 Å². The Morgan fingerprint density at radius 2 is 1.91 bits per heavy atom. The van der Waals surface area contributed by atoms with Crippen LogP contribution in [-0.4, -0.2) is 14.9 Å². The van der Waals surface area contributed by atoms with Crippen LogP contribution in [-0.2, 0) is 9.47 Å². The largest absolute Gasteiger partial charge is 0.458 e. The summed E-state index contributed by atoms with van der Waals surface area (Å²) in [5.74, 6) is 1.87. The van der Waals surface area contributed by atoms with Crippen LogP contribution in [0, 0.1) is 0 Å². The topological polar surface area (TPSA) is 18.5 Å². The highest BCUT2D eigenvalue weighted by molar-refractivity contribution is 9.12. The van der Waals surface area contributed by atoms with Gasteiger partial charge in [0.25, 0.3) is 0 Å². The SMILES string of the molecule is CC1=CC2=C(Br)C3=C(CC2=C1[Si](C)(C)C1C=CC=C1)OCO3. The number of allylic oxidation sites excluding steroid dienone is 10. The van der Waals surface area contributed by atoms with Crippen molar-refractivity contribution < 1.29 is 9.47 Å². The van der Waals surface area contributed by atoms with E-state index in [0.29, 0.717) is 12.3 Å². The van der Waals surface area contributed by atoms with Gasteiger partial charge in [-0.1, -0.05) is 54.2 Å². The second-order valence-electron chi connectivity index (χ2n) is 6.76. The molecule has 1 aliphatic heterocycles. The fourth-order valence-electron chi connectivity index (χ4n) is 4.01. The zero-order chi connectivity index (χ0) is 15.5. The van der Waals surface area contributed by atoms with Crippen LogP contribution in [0.5, 0.6) is 0 Å². The molecule has 114 valence electrons. The Hall–Kier alpha value is -1.26. The Labute approximate surface area is 140 Å². The van der Waals surface area contributed by atoms with Gasteiger partial charge < -0.3 is 9.47 Å². The average molecular weight is 375 g/mol. The minimum atomic E-state index is -1.62. The van der Waals surface area contributed by atoms with Crippen molar-refractivity contribution in [2.45, 2.75) is 32.0 Å². The monoisotopic (exact) mass is 374 g/mol. The minimum absolute atomic E-state index is 0.341. The molecule has 0 amide bonds. The molecule has 3 aliphatic carbocycles. The molecule has 0 saturated carbocycles. The molecule has 0 fully saturated rings. The fourth-order valence-corrected chi connectivity index (χ4v) is 8.31. The van der Waals surface area contributed by atoms with Crippen LogP contribution in [0.1, 0.15) is 13.3 Å². The highest BCUT2D eigenvalue weighted by atomic mass is 79.9. The van der Waals surface area contributed by atoms with E-state index >= 15 is 0 Å². The van der Waals surface area contributed by atoms with Crippen LogP contribution in [0.2, 0.25) is 18.6 Å². The number of hydrogen-bond donors (Lipinski definition) is 0. The van der Waals surface area contributed by atoms with E-state index in [-0.39, 0.29) is 0 Å². The quantitative estimate of drug-likeness (QED) is 0.614. The molecule has 2 nitrogen and oxygen atoms in total. The van der Waals surface area contributed by atoms with Crippen LogP contribution in [0.25, 0.3) is 0 Å². The highest BCUT2D eigenvalue weighted by Gasteiger charge is 2.41. The van der Waals surface area contributed by atoms with E-state index < -0.39 is 8.07 Å². The molecule has 0 unspecified atom stereocenters. The Morgan fingerprint density at radius 3 is 2.64 bits per heavy atom. The normalized spacial score (nSPS) is 23.9. The van der Waals surface area contributed by atoms with Crippen molar-refractivity contribution in [1.29, 1.82) is 0 Å². The van der Waals surface area contributed by atoms with Crippen molar-refractivity contribution in [2.24, 2.45) is 0 Å². The summed E-state index contributed by atoms with van der Waals surface area (Å²) in [6.07, 6.45) is 12.2. The van der Waals surface area contributed by atoms with E-state index in [2.05, 4.69) is 66.3 Å². The van der Waals surface area contributed by atoms with Crippen LogP contribution >= 0.6 is 15.9 Å². The van der Waals surface area contributed by atoms with Gasteiger partial charge in [-0.3, -0.25) is 0 Å². The minimum Gasteiger partial charge on any atom is -0.458 e. The summed E-state index contributed by atoms with van der Waals surface area (Å²) >= 11 is 3.73. The summed E-state index contributed by atoms with van der Waals surface area (Å²) < 4.78 is 12.4. The molecular formula is C18H19BrO2Si. The predicted octanol–water partition coefficient (Wildman–Crippen LogP) is 5.26. The van der Waals surface area contributed by atoms with Gasteiger partial charge in [0, 0.05) is 6.42 Å². The molecule has 0 bridgehead atoms. The average Bonchev–Trinajstić information content (AvgIpc) is 3.16. The van der Waals surface area contributed by atoms with E-state index in [9.17, 15) is 0 Å². The fraction of sp³-hybridized carbons (Fsp3) is 0.333. The first kappa shape index (κ1) is 14.3. The lowest BCUT2D eigenvalue weighted by molar-refractivity contribution is 0.0734. The maximum absolute atomic E-state index is 5.68. The molecule has 0 saturated heterocycles. The summed E-state index contributed by atoms with van der Waals surface area (Å²) in [4.78, 5) is 0. The van der Waals surface area contributed by atoms with Crippen LogP contribution < -0.4 is 0 Å². The molecule has 0 N–H and O–H groups in total. The highest BCUT2D eigenvalue weighted by Crippen LogP contribution is 2.51. The van der Waals surface area contributed by atoms with Crippen molar-refractivity contribution in [3.63, 3.8) is 0 Å². The molecule has 1 heterocycles. The molecule has 0 spiro atoms. The zero-order valence-corrected chi connectivity index (χ0v) is 15.7. The predicted molar refractivity (Wildman–Crippen MR) is 94.9 cm³/mol. The number of fused-ring (bicyclic) bond motifs is 1. The van der Waals surface area contributed by atoms with E-state index in [1.165, 1.54) is 16.7 Å². The van der Waals surface area contributed by atoms with Gasteiger partial charge >= 0.3 is 0 Å². The second-order valence-corrected chi connectivity index (χ2v) is 12.2. The first-order valence-corrected chi connectivity index (χ1v) is 11.5.